The van der Waals surface area contributed by atoms with Gasteiger partial charge in [0, 0.05) is 48.6 Å². The number of thiazole rings is 1. The van der Waals surface area contributed by atoms with Crippen LogP contribution in [0.2, 0.25) is 0 Å². The summed E-state index contributed by atoms with van der Waals surface area (Å²) in [5.74, 6) is -0.0561. The third-order valence-corrected chi connectivity index (χ3v) is 6.63. The summed E-state index contributed by atoms with van der Waals surface area (Å²) in [6.07, 6.45) is -3.03. The SMILES string of the molecule is Cc1cnc(NC(=O)Nc2ccc(N3CCN(C(=O)Nc4ccc(OCCO)cc4C(F)(F)F)CC3)cc2)s1. The fourth-order valence-corrected chi connectivity index (χ4v) is 4.57. The van der Waals surface area contributed by atoms with Crippen LogP contribution < -0.4 is 25.6 Å². The van der Waals surface area contributed by atoms with Gasteiger partial charge in [0.05, 0.1) is 17.9 Å². The molecule has 1 aliphatic heterocycles. The molecule has 39 heavy (non-hydrogen) atoms. The first-order valence-corrected chi connectivity index (χ1v) is 12.8. The zero-order valence-electron chi connectivity index (χ0n) is 20.9. The van der Waals surface area contributed by atoms with E-state index in [4.69, 9.17) is 9.84 Å². The summed E-state index contributed by atoms with van der Waals surface area (Å²) in [6, 6.07) is 9.40. The molecule has 0 aliphatic carbocycles. The molecule has 208 valence electrons. The number of rotatable bonds is 7. The quantitative estimate of drug-likeness (QED) is 0.326. The highest BCUT2D eigenvalue weighted by Crippen LogP contribution is 2.37. The molecule has 14 heteroatoms. The van der Waals surface area contributed by atoms with E-state index >= 15 is 0 Å². The van der Waals surface area contributed by atoms with Crippen LogP contribution in [0.1, 0.15) is 10.4 Å². The summed E-state index contributed by atoms with van der Waals surface area (Å²) in [5, 5.41) is 17.1. The molecule has 10 nitrogen and oxygen atoms in total. The van der Waals surface area contributed by atoms with Crippen LogP contribution in [0.3, 0.4) is 0 Å². The summed E-state index contributed by atoms with van der Waals surface area (Å²) in [6.45, 7) is 2.98. The third-order valence-electron chi connectivity index (χ3n) is 5.80. The van der Waals surface area contributed by atoms with E-state index < -0.39 is 23.8 Å². The highest BCUT2D eigenvalue weighted by Gasteiger charge is 2.35. The van der Waals surface area contributed by atoms with E-state index in [2.05, 4.69) is 20.9 Å². The van der Waals surface area contributed by atoms with Gasteiger partial charge in [-0.3, -0.25) is 5.32 Å². The number of carbonyl (C=O) groups is 2. The van der Waals surface area contributed by atoms with Crippen LogP contribution >= 0.6 is 11.3 Å². The number of aromatic nitrogens is 1. The Morgan fingerprint density at radius 1 is 1.05 bits per heavy atom. The van der Waals surface area contributed by atoms with E-state index in [1.807, 2.05) is 24.0 Å². The molecule has 2 heterocycles. The van der Waals surface area contributed by atoms with Gasteiger partial charge in [0.25, 0.3) is 0 Å². The van der Waals surface area contributed by atoms with E-state index in [0.717, 1.165) is 22.7 Å². The zero-order valence-corrected chi connectivity index (χ0v) is 21.7. The van der Waals surface area contributed by atoms with Crippen LogP contribution in [0, 0.1) is 6.92 Å². The van der Waals surface area contributed by atoms with Crippen molar-refractivity contribution < 1.29 is 32.6 Å². The number of aryl methyl sites for hydroxylation is 1. The molecular formula is C25H27F3N6O4S. The summed E-state index contributed by atoms with van der Waals surface area (Å²) >= 11 is 1.37. The minimum atomic E-state index is -4.71. The number of anilines is 4. The first kappa shape index (κ1) is 28.0. The molecule has 0 saturated carbocycles. The van der Waals surface area contributed by atoms with Gasteiger partial charge in [-0.1, -0.05) is 0 Å². The van der Waals surface area contributed by atoms with Gasteiger partial charge >= 0.3 is 18.2 Å². The molecule has 1 fully saturated rings. The minimum Gasteiger partial charge on any atom is -0.491 e. The maximum absolute atomic E-state index is 13.6. The fourth-order valence-electron chi connectivity index (χ4n) is 3.91. The number of amides is 4. The first-order chi connectivity index (χ1) is 18.6. The van der Waals surface area contributed by atoms with Crippen LogP contribution in [-0.2, 0) is 6.18 Å². The Balaban J connectivity index is 1.30. The number of benzene rings is 2. The number of piperazine rings is 1. The van der Waals surface area contributed by atoms with Gasteiger partial charge in [0.1, 0.15) is 12.4 Å². The second kappa shape index (κ2) is 12.2. The molecule has 4 rings (SSSR count). The molecule has 2 aromatic carbocycles. The molecule has 0 spiro atoms. The van der Waals surface area contributed by atoms with E-state index in [0.29, 0.717) is 37.0 Å². The molecule has 4 amide bonds. The average Bonchev–Trinajstić information content (AvgIpc) is 3.32. The Bertz CT molecular complexity index is 1290. The van der Waals surface area contributed by atoms with E-state index in [1.165, 1.54) is 22.3 Å². The van der Waals surface area contributed by atoms with E-state index in [-0.39, 0.29) is 24.7 Å². The lowest BCUT2D eigenvalue weighted by Crippen LogP contribution is -2.50. The number of hydrogen-bond donors (Lipinski definition) is 4. The van der Waals surface area contributed by atoms with Crippen molar-refractivity contribution in [3.8, 4) is 5.75 Å². The number of urea groups is 2. The fraction of sp³-hybridized carbons (Fsp3) is 0.320. The molecule has 1 aliphatic rings. The summed E-state index contributed by atoms with van der Waals surface area (Å²) in [5.41, 5.74) is 0.0719. The molecule has 1 saturated heterocycles. The van der Waals surface area contributed by atoms with Crippen molar-refractivity contribution in [3.05, 3.63) is 59.1 Å². The smallest absolute Gasteiger partial charge is 0.418 e. The number of halogens is 3. The van der Waals surface area contributed by atoms with Gasteiger partial charge in [-0.2, -0.15) is 13.2 Å². The molecular weight excluding hydrogens is 537 g/mol. The maximum atomic E-state index is 13.6. The van der Waals surface area contributed by atoms with Crippen LogP contribution in [0.25, 0.3) is 0 Å². The molecule has 1 aromatic heterocycles. The minimum absolute atomic E-state index is 0.0561. The molecule has 4 N–H and O–H groups in total. The molecule has 0 bridgehead atoms. The average molecular weight is 565 g/mol. The number of carbonyl (C=O) groups excluding carboxylic acids is 2. The van der Waals surface area contributed by atoms with Gasteiger partial charge in [-0.15, -0.1) is 11.3 Å². The molecule has 0 radical (unpaired) electrons. The predicted molar refractivity (Wildman–Crippen MR) is 143 cm³/mol. The number of aliphatic hydroxyl groups excluding tert-OH is 1. The van der Waals surface area contributed by atoms with Gasteiger partial charge < -0.3 is 30.3 Å². The van der Waals surface area contributed by atoms with Crippen molar-refractivity contribution in [1.82, 2.24) is 9.88 Å². The number of nitrogens with one attached hydrogen (secondary N) is 3. The lowest BCUT2D eigenvalue weighted by atomic mass is 10.1. The van der Waals surface area contributed by atoms with Crippen LogP contribution in [-0.4, -0.2) is 66.4 Å². The summed E-state index contributed by atoms with van der Waals surface area (Å²) in [7, 11) is 0. The number of nitrogens with zero attached hydrogens (tertiary/aromatic N) is 3. The number of hydrogen-bond acceptors (Lipinski definition) is 7. The topological polar surface area (TPSA) is 119 Å². The molecule has 0 unspecified atom stereocenters. The first-order valence-electron chi connectivity index (χ1n) is 12.0. The lowest BCUT2D eigenvalue weighted by Gasteiger charge is -2.36. The standard InChI is InChI=1S/C25H27F3N6O4S/c1-16-15-29-23(39-16)32-22(36)30-17-2-4-18(5-3-17)33-8-10-34(11-9-33)24(37)31-21-7-6-19(38-13-12-35)14-20(21)25(26,27)28/h2-7,14-15,35H,8-13H2,1H3,(H,31,37)(H2,29,30,32,36). The largest absolute Gasteiger partial charge is 0.491 e. The van der Waals surface area contributed by atoms with Crippen molar-refractivity contribution in [2.45, 2.75) is 13.1 Å². The maximum Gasteiger partial charge on any atom is 0.418 e. The summed E-state index contributed by atoms with van der Waals surface area (Å²) in [4.78, 5) is 33.5. The number of ether oxygens (including phenoxy) is 1. The summed E-state index contributed by atoms with van der Waals surface area (Å²) < 4.78 is 45.8. The zero-order chi connectivity index (χ0) is 28.0. The highest BCUT2D eigenvalue weighted by atomic mass is 32.1. The van der Waals surface area contributed by atoms with Gasteiger partial charge in [0.15, 0.2) is 5.13 Å². The Hall–Kier alpha value is -4.04. The molecule has 0 atom stereocenters. The van der Waals surface area contributed by atoms with Gasteiger partial charge in [0.2, 0.25) is 0 Å². The van der Waals surface area contributed by atoms with Gasteiger partial charge in [-0.05, 0) is 49.4 Å². The van der Waals surface area contributed by atoms with Crippen LogP contribution in [0.15, 0.2) is 48.7 Å². The number of aliphatic hydroxyl groups is 1. The third kappa shape index (κ3) is 7.51. The van der Waals surface area contributed by atoms with E-state index in [9.17, 15) is 22.8 Å². The Labute approximate surface area is 226 Å². The van der Waals surface area contributed by atoms with Crippen LogP contribution in [0.5, 0.6) is 5.75 Å². The predicted octanol–water partition coefficient (Wildman–Crippen LogP) is 4.84. The van der Waals surface area contributed by atoms with E-state index in [1.54, 1.807) is 18.3 Å². The highest BCUT2D eigenvalue weighted by molar-refractivity contribution is 7.15. The van der Waals surface area contributed by atoms with Crippen molar-refractivity contribution in [1.29, 1.82) is 0 Å². The monoisotopic (exact) mass is 564 g/mol. The second-order valence-corrected chi connectivity index (χ2v) is 9.82. The normalized spacial score (nSPS) is 13.7. The second-order valence-electron chi connectivity index (χ2n) is 8.58. The van der Waals surface area contributed by atoms with Crippen molar-refractivity contribution >= 4 is 45.6 Å². The van der Waals surface area contributed by atoms with Crippen molar-refractivity contribution in [2.24, 2.45) is 0 Å². The van der Waals surface area contributed by atoms with Gasteiger partial charge in [-0.25, -0.2) is 14.6 Å². The Morgan fingerprint density at radius 3 is 2.38 bits per heavy atom. The number of alkyl halides is 3. The Kier molecular flexibility index (Phi) is 8.76. The molecule has 3 aromatic rings. The van der Waals surface area contributed by atoms with Crippen molar-refractivity contribution in [2.75, 3.05) is 60.2 Å². The van der Waals surface area contributed by atoms with Crippen LogP contribution in [0.4, 0.5) is 45.0 Å². The van der Waals surface area contributed by atoms with Crippen molar-refractivity contribution in [3.63, 3.8) is 0 Å². The lowest BCUT2D eigenvalue weighted by molar-refractivity contribution is -0.137. The Morgan fingerprint density at radius 2 is 1.77 bits per heavy atom.